The summed E-state index contributed by atoms with van der Waals surface area (Å²) in [7, 11) is 0. The first-order valence-corrected chi connectivity index (χ1v) is 22.4. The predicted molar refractivity (Wildman–Crippen MR) is 245 cm³/mol. The van der Waals surface area contributed by atoms with E-state index in [9.17, 15) is 0 Å². The average molecular weight is 851 g/mol. The van der Waals surface area contributed by atoms with Crippen molar-refractivity contribution in [3.63, 3.8) is 0 Å². The van der Waals surface area contributed by atoms with Gasteiger partial charge in [0.15, 0.2) is 23.0 Å². The zero-order chi connectivity index (χ0) is 43.1. The SMILES string of the molecule is CCCOc1cc2cc(c1)Cc1cccc3c1OCCOc1ccccc1OCCOCCOc1ccccc1OCCOc1c(cccc1Cc1cc(cc(OCCC)c1)C3)C2. The Hall–Kier alpha value is -6.32. The minimum absolute atomic E-state index is 0.324. The number of benzene rings is 6. The van der Waals surface area contributed by atoms with E-state index < -0.39 is 0 Å². The molecule has 0 spiro atoms. The van der Waals surface area contributed by atoms with Crippen molar-refractivity contribution in [2.24, 2.45) is 0 Å². The lowest BCUT2D eigenvalue weighted by Crippen LogP contribution is -2.15. The van der Waals surface area contributed by atoms with Gasteiger partial charge >= 0.3 is 0 Å². The highest BCUT2D eigenvalue weighted by Gasteiger charge is 2.19. The van der Waals surface area contributed by atoms with E-state index in [0.29, 0.717) is 115 Å². The molecule has 3 aliphatic rings. The molecular weight excluding hydrogens is 793 g/mol. The molecule has 328 valence electrons. The lowest BCUT2D eigenvalue weighted by molar-refractivity contribution is 0.0742. The maximum atomic E-state index is 6.78. The highest BCUT2D eigenvalue weighted by Crippen LogP contribution is 2.36. The highest BCUT2D eigenvalue weighted by atomic mass is 16.6. The molecule has 63 heavy (non-hydrogen) atoms. The molecule has 0 atom stereocenters. The predicted octanol–water partition coefficient (Wildman–Crippen LogP) is 10.6. The summed E-state index contributed by atoms with van der Waals surface area (Å²) in [6.45, 7) is 8.35. The third-order valence-electron chi connectivity index (χ3n) is 10.8. The summed E-state index contributed by atoms with van der Waals surface area (Å²) in [5, 5.41) is 0. The topological polar surface area (TPSA) is 83.1 Å². The van der Waals surface area contributed by atoms with Crippen LogP contribution in [-0.4, -0.2) is 66.1 Å². The fourth-order valence-corrected chi connectivity index (χ4v) is 8.05. The second-order valence-electron chi connectivity index (χ2n) is 15.8. The van der Waals surface area contributed by atoms with Crippen LogP contribution in [0.15, 0.2) is 121 Å². The van der Waals surface area contributed by atoms with Crippen molar-refractivity contribution in [1.82, 2.24) is 0 Å². The lowest BCUT2D eigenvalue weighted by Gasteiger charge is -2.20. The number of ether oxygens (including phenoxy) is 9. The number of hydrogen-bond donors (Lipinski definition) is 0. The van der Waals surface area contributed by atoms with Gasteiger partial charge in [0.25, 0.3) is 0 Å². The Bertz CT molecular complexity index is 2160. The van der Waals surface area contributed by atoms with Crippen LogP contribution in [0.2, 0.25) is 0 Å². The largest absolute Gasteiger partial charge is 0.494 e. The van der Waals surface area contributed by atoms with Crippen LogP contribution < -0.4 is 37.9 Å². The zero-order valence-electron chi connectivity index (χ0n) is 36.5. The van der Waals surface area contributed by atoms with Crippen molar-refractivity contribution >= 4 is 0 Å². The smallest absolute Gasteiger partial charge is 0.161 e. The van der Waals surface area contributed by atoms with Gasteiger partial charge in [-0.15, -0.1) is 0 Å². The molecule has 0 amide bonds. The Morgan fingerprint density at radius 3 is 1.02 bits per heavy atom. The van der Waals surface area contributed by atoms with Gasteiger partial charge in [0.1, 0.15) is 62.6 Å². The van der Waals surface area contributed by atoms with Gasteiger partial charge in [-0.2, -0.15) is 0 Å². The molecule has 0 saturated carbocycles. The van der Waals surface area contributed by atoms with E-state index in [1.807, 2.05) is 48.5 Å². The van der Waals surface area contributed by atoms with Crippen LogP contribution in [0.4, 0.5) is 0 Å². The first-order valence-electron chi connectivity index (χ1n) is 22.4. The monoisotopic (exact) mass is 850 g/mol. The summed E-state index contributed by atoms with van der Waals surface area (Å²) in [4.78, 5) is 0. The fraction of sp³-hybridized carbons (Fsp3) is 0.333. The number of rotatable bonds is 6. The Morgan fingerprint density at radius 1 is 0.365 bits per heavy atom. The van der Waals surface area contributed by atoms with E-state index in [0.717, 1.165) is 80.3 Å². The van der Waals surface area contributed by atoms with Crippen molar-refractivity contribution < 1.29 is 42.6 Å². The van der Waals surface area contributed by atoms with Gasteiger partial charge in [-0.25, -0.2) is 0 Å². The molecule has 2 heterocycles. The fourth-order valence-electron chi connectivity index (χ4n) is 8.05. The number of hydrogen-bond acceptors (Lipinski definition) is 9. The van der Waals surface area contributed by atoms with Crippen LogP contribution in [0.5, 0.6) is 46.0 Å². The van der Waals surface area contributed by atoms with Gasteiger partial charge in [-0.1, -0.05) is 86.6 Å². The molecule has 0 unspecified atom stereocenters. The van der Waals surface area contributed by atoms with Crippen molar-refractivity contribution in [2.45, 2.75) is 52.4 Å². The molecule has 0 fully saturated rings. The van der Waals surface area contributed by atoms with Crippen molar-refractivity contribution in [1.29, 1.82) is 0 Å². The third kappa shape index (κ3) is 12.0. The summed E-state index contributed by atoms with van der Waals surface area (Å²) in [6.07, 6.45) is 4.42. The van der Waals surface area contributed by atoms with E-state index in [1.54, 1.807) is 0 Å². The first-order chi connectivity index (χ1) is 31.1. The van der Waals surface area contributed by atoms with Crippen LogP contribution in [0.25, 0.3) is 0 Å². The van der Waals surface area contributed by atoms with Crippen LogP contribution >= 0.6 is 0 Å². The van der Waals surface area contributed by atoms with Crippen molar-refractivity contribution in [3.05, 3.63) is 166 Å². The summed E-state index contributed by atoms with van der Waals surface area (Å²) in [5.41, 5.74) is 8.90. The quantitative estimate of drug-likeness (QED) is 0.152. The lowest BCUT2D eigenvalue weighted by atomic mass is 9.92. The third-order valence-corrected chi connectivity index (χ3v) is 10.8. The second-order valence-corrected chi connectivity index (χ2v) is 15.8. The van der Waals surface area contributed by atoms with E-state index in [4.69, 9.17) is 42.6 Å². The highest BCUT2D eigenvalue weighted by molar-refractivity contribution is 5.52. The molecule has 2 aliphatic heterocycles. The molecule has 0 radical (unpaired) electrons. The van der Waals surface area contributed by atoms with Gasteiger partial charge < -0.3 is 42.6 Å². The summed E-state index contributed by atoms with van der Waals surface area (Å²) in [5.74, 6) is 6.02. The van der Waals surface area contributed by atoms with Gasteiger partial charge in [0.2, 0.25) is 0 Å². The molecule has 0 saturated heterocycles. The summed E-state index contributed by atoms with van der Waals surface area (Å²) >= 11 is 0. The minimum Gasteiger partial charge on any atom is -0.494 e. The van der Waals surface area contributed by atoms with Crippen LogP contribution in [0.1, 0.15) is 71.2 Å². The molecule has 6 aromatic carbocycles. The average Bonchev–Trinajstić information content (AvgIpc) is 3.29. The van der Waals surface area contributed by atoms with E-state index in [-0.39, 0.29) is 0 Å². The maximum Gasteiger partial charge on any atom is 0.161 e. The normalized spacial score (nSPS) is 14.7. The van der Waals surface area contributed by atoms with Crippen LogP contribution in [-0.2, 0) is 30.4 Å². The molecule has 9 heteroatoms. The molecule has 10 bridgehead atoms. The van der Waals surface area contributed by atoms with E-state index >= 15 is 0 Å². The Labute approximate surface area is 371 Å². The molecule has 6 aromatic rings. The Balaban J connectivity index is 1.20. The van der Waals surface area contributed by atoms with Crippen molar-refractivity contribution in [2.75, 3.05) is 66.1 Å². The van der Waals surface area contributed by atoms with Crippen LogP contribution in [0.3, 0.4) is 0 Å². The first kappa shape index (κ1) is 43.3. The summed E-state index contributed by atoms with van der Waals surface area (Å²) in [6, 6.07) is 41.6. The van der Waals surface area contributed by atoms with E-state index in [1.165, 1.54) is 0 Å². The molecule has 9 nitrogen and oxygen atoms in total. The minimum atomic E-state index is 0.324. The Morgan fingerprint density at radius 2 is 0.683 bits per heavy atom. The Kier molecular flexibility index (Phi) is 15.2. The standard InChI is InChI=1S/C54H58O9/c1-3-19-56-47-35-39-29-40(36-47)32-44-12-10-14-46-34-42-30-41(37-48(38-42)57-20-4-2)33-45-13-9-11-43(31-39)53(45)62-27-25-60-51-17-7-5-15-49(51)58-23-21-55-22-24-59-50-16-6-8-18-52(50)61-26-28-63-54(44)46/h5-18,29-30,35-38H,3-4,19-28,31-34H2,1-2H3. The van der Waals surface area contributed by atoms with Gasteiger partial charge in [-0.3, -0.25) is 0 Å². The van der Waals surface area contributed by atoms with Crippen LogP contribution in [0, 0.1) is 0 Å². The maximum absolute atomic E-state index is 6.78. The number of fused-ring (bicyclic) bond motifs is 12. The summed E-state index contributed by atoms with van der Waals surface area (Å²) < 4.78 is 56.9. The zero-order valence-corrected chi connectivity index (χ0v) is 36.5. The van der Waals surface area contributed by atoms with E-state index in [2.05, 4.69) is 86.6 Å². The van der Waals surface area contributed by atoms with Gasteiger partial charge in [0.05, 0.1) is 26.4 Å². The molecule has 0 aromatic heterocycles. The molecule has 1 aliphatic carbocycles. The van der Waals surface area contributed by atoms with Gasteiger partial charge in [0, 0.05) is 25.7 Å². The molecular formula is C54H58O9. The van der Waals surface area contributed by atoms with Crippen molar-refractivity contribution in [3.8, 4) is 46.0 Å². The molecule has 9 rings (SSSR count). The van der Waals surface area contributed by atoms with Gasteiger partial charge in [-0.05, 0) is 106 Å². The second kappa shape index (κ2) is 22.2. The number of para-hydroxylation sites is 6. The molecule has 0 N–H and O–H groups in total.